The van der Waals surface area contributed by atoms with Crippen LogP contribution in [-0.2, 0) is 4.79 Å². The van der Waals surface area contributed by atoms with Crippen molar-refractivity contribution in [2.75, 3.05) is 24.5 Å². The molecule has 136 valence electrons. The molecule has 4 N–H and O–H groups in total. The lowest BCUT2D eigenvalue weighted by molar-refractivity contribution is -0.123. The number of nitrogens with zero attached hydrogens (tertiary/aromatic N) is 3. The van der Waals surface area contributed by atoms with Crippen LogP contribution in [-0.4, -0.2) is 47.1 Å². The van der Waals surface area contributed by atoms with Gasteiger partial charge in [-0.05, 0) is 37.7 Å². The van der Waals surface area contributed by atoms with Gasteiger partial charge in [0.05, 0.1) is 0 Å². The molecule has 1 aliphatic carbocycles. The molecule has 0 bridgehead atoms. The number of carbonyl (C=O) groups excluding carboxylic acids is 2. The standard InChI is InChI=1S/C17H26N6O2/c18-14(24)17(6-1-2-7-17)22-16(25)21-11-13-5-3-10-23(12-13)15-19-8-4-9-20-15/h4,8-9,13H,1-3,5-7,10-12H2,(H2,18,24)(H2,21,22,25)/t13-/m1/s1. The lowest BCUT2D eigenvalue weighted by Gasteiger charge is -2.33. The summed E-state index contributed by atoms with van der Waals surface area (Å²) in [6, 6.07) is 1.49. The Kier molecular flexibility index (Phi) is 5.35. The van der Waals surface area contributed by atoms with Crippen molar-refractivity contribution in [3.05, 3.63) is 18.5 Å². The topological polar surface area (TPSA) is 113 Å². The van der Waals surface area contributed by atoms with E-state index in [9.17, 15) is 9.59 Å². The number of nitrogens with two attached hydrogens (primary N) is 1. The fraction of sp³-hybridized carbons (Fsp3) is 0.647. The molecular weight excluding hydrogens is 320 g/mol. The van der Waals surface area contributed by atoms with Crippen LogP contribution in [0.4, 0.5) is 10.7 Å². The summed E-state index contributed by atoms with van der Waals surface area (Å²) < 4.78 is 0. The van der Waals surface area contributed by atoms with Crippen molar-refractivity contribution in [1.82, 2.24) is 20.6 Å². The van der Waals surface area contributed by atoms with Crippen LogP contribution in [0.1, 0.15) is 38.5 Å². The maximum absolute atomic E-state index is 12.2. The summed E-state index contributed by atoms with van der Waals surface area (Å²) in [5, 5.41) is 5.72. The molecule has 1 aliphatic heterocycles. The van der Waals surface area contributed by atoms with Gasteiger partial charge in [0.1, 0.15) is 5.54 Å². The zero-order chi connectivity index (χ0) is 17.7. The minimum atomic E-state index is -0.874. The van der Waals surface area contributed by atoms with Crippen LogP contribution >= 0.6 is 0 Å². The van der Waals surface area contributed by atoms with Crippen molar-refractivity contribution in [1.29, 1.82) is 0 Å². The molecule has 0 spiro atoms. The molecule has 1 saturated carbocycles. The normalized spacial score (nSPS) is 22.4. The molecule has 8 heteroatoms. The van der Waals surface area contributed by atoms with Gasteiger partial charge in [-0.2, -0.15) is 0 Å². The van der Waals surface area contributed by atoms with Crippen molar-refractivity contribution in [2.45, 2.75) is 44.1 Å². The first-order chi connectivity index (χ1) is 12.1. The number of primary amides is 1. The Morgan fingerprint density at radius 1 is 1.24 bits per heavy atom. The van der Waals surface area contributed by atoms with Crippen LogP contribution < -0.4 is 21.3 Å². The van der Waals surface area contributed by atoms with Crippen molar-refractivity contribution in [3.63, 3.8) is 0 Å². The van der Waals surface area contributed by atoms with E-state index in [4.69, 9.17) is 5.73 Å². The number of hydrogen-bond donors (Lipinski definition) is 3. The van der Waals surface area contributed by atoms with Gasteiger partial charge in [-0.15, -0.1) is 0 Å². The van der Waals surface area contributed by atoms with E-state index in [0.717, 1.165) is 44.7 Å². The summed E-state index contributed by atoms with van der Waals surface area (Å²) in [5.74, 6) is 0.622. The summed E-state index contributed by atoms with van der Waals surface area (Å²) >= 11 is 0. The Hall–Kier alpha value is -2.38. The number of hydrogen-bond acceptors (Lipinski definition) is 5. The maximum Gasteiger partial charge on any atom is 0.315 e. The lowest BCUT2D eigenvalue weighted by Crippen LogP contribution is -2.58. The van der Waals surface area contributed by atoms with Gasteiger partial charge < -0.3 is 21.3 Å². The Balaban J connectivity index is 1.49. The molecule has 0 aromatic carbocycles. The first kappa shape index (κ1) is 17.4. The minimum Gasteiger partial charge on any atom is -0.368 e. The third kappa shape index (κ3) is 4.18. The Morgan fingerprint density at radius 3 is 2.64 bits per heavy atom. The number of carbonyl (C=O) groups is 2. The number of nitrogens with one attached hydrogen (secondary N) is 2. The molecule has 2 fully saturated rings. The van der Waals surface area contributed by atoms with Gasteiger partial charge in [0.25, 0.3) is 0 Å². The maximum atomic E-state index is 12.2. The number of anilines is 1. The van der Waals surface area contributed by atoms with Crippen molar-refractivity contribution in [3.8, 4) is 0 Å². The van der Waals surface area contributed by atoms with Crippen molar-refractivity contribution in [2.24, 2.45) is 11.7 Å². The highest BCUT2D eigenvalue weighted by molar-refractivity contribution is 5.90. The zero-order valence-corrected chi connectivity index (χ0v) is 14.4. The SMILES string of the molecule is NC(=O)C1(NC(=O)NC[C@H]2CCCN(c3ncccn3)C2)CCCC1. The summed E-state index contributed by atoms with van der Waals surface area (Å²) in [5.41, 5.74) is 4.63. The van der Waals surface area contributed by atoms with E-state index in [1.165, 1.54) is 0 Å². The summed E-state index contributed by atoms with van der Waals surface area (Å²) in [4.78, 5) is 34.7. The summed E-state index contributed by atoms with van der Waals surface area (Å²) in [7, 11) is 0. The van der Waals surface area contributed by atoms with Gasteiger partial charge in [-0.3, -0.25) is 4.79 Å². The molecular formula is C17H26N6O2. The number of amides is 3. The summed E-state index contributed by atoms with van der Waals surface area (Å²) in [6.45, 7) is 2.30. The van der Waals surface area contributed by atoms with Crippen LogP contribution in [0.15, 0.2) is 18.5 Å². The summed E-state index contributed by atoms with van der Waals surface area (Å²) in [6.07, 6.45) is 8.64. The van der Waals surface area contributed by atoms with Gasteiger partial charge in [0.2, 0.25) is 11.9 Å². The molecule has 1 aromatic heterocycles. The van der Waals surface area contributed by atoms with Crippen molar-refractivity contribution < 1.29 is 9.59 Å². The highest BCUT2D eigenvalue weighted by atomic mass is 16.2. The molecule has 8 nitrogen and oxygen atoms in total. The molecule has 1 atom stereocenters. The molecule has 1 aromatic rings. The van der Waals surface area contributed by atoms with E-state index in [1.807, 2.05) is 0 Å². The van der Waals surface area contributed by atoms with Gasteiger partial charge in [0, 0.05) is 32.0 Å². The predicted octanol–water partition coefficient (Wildman–Crippen LogP) is 0.790. The highest BCUT2D eigenvalue weighted by Gasteiger charge is 2.40. The number of rotatable bonds is 5. The first-order valence-electron chi connectivity index (χ1n) is 8.97. The zero-order valence-electron chi connectivity index (χ0n) is 14.4. The van der Waals surface area contributed by atoms with E-state index >= 15 is 0 Å². The fourth-order valence-electron chi connectivity index (χ4n) is 3.78. The average Bonchev–Trinajstić information content (AvgIpc) is 3.11. The molecule has 3 amide bonds. The fourth-order valence-corrected chi connectivity index (χ4v) is 3.78. The predicted molar refractivity (Wildman–Crippen MR) is 93.9 cm³/mol. The number of urea groups is 1. The molecule has 3 rings (SSSR count). The molecule has 0 radical (unpaired) electrons. The average molecular weight is 346 g/mol. The largest absolute Gasteiger partial charge is 0.368 e. The molecule has 0 unspecified atom stereocenters. The van der Waals surface area contributed by atoms with Crippen LogP contribution in [0.3, 0.4) is 0 Å². The van der Waals surface area contributed by atoms with Gasteiger partial charge in [0.15, 0.2) is 0 Å². The molecule has 2 heterocycles. The highest BCUT2D eigenvalue weighted by Crippen LogP contribution is 2.29. The monoisotopic (exact) mass is 346 g/mol. The minimum absolute atomic E-state index is 0.311. The van der Waals surface area contributed by atoms with E-state index in [0.29, 0.717) is 25.3 Å². The van der Waals surface area contributed by atoms with Gasteiger partial charge in [-0.25, -0.2) is 14.8 Å². The Bertz CT molecular complexity index is 602. The quantitative estimate of drug-likeness (QED) is 0.729. The third-order valence-corrected chi connectivity index (χ3v) is 5.19. The van der Waals surface area contributed by atoms with Crippen LogP contribution in [0.25, 0.3) is 0 Å². The second-order valence-electron chi connectivity index (χ2n) is 6.99. The van der Waals surface area contributed by atoms with Gasteiger partial charge >= 0.3 is 6.03 Å². The van der Waals surface area contributed by atoms with E-state index in [1.54, 1.807) is 18.5 Å². The molecule has 25 heavy (non-hydrogen) atoms. The van der Waals surface area contributed by atoms with Crippen molar-refractivity contribution >= 4 is 17.9 Å². The Morgan fingerprint density at radius 2 is 1.96 bits per heavy atom. The molecule has 2 aliphatic rings. The lowest BCUT2D eigenvalue weighted by atomic mass is 9.97. The van der Waals surface area contributed by atoms with E-state index in [2.05, 4.69) is 25.5 Å². The van der Waals surface area contributed by atoms with Gasteiger partial charge in [-0.1, -0.05) is 12.8 Å². The second kappa shape index (κ2) is 7.67. The second-order valence-corrected chi connectivity index (χ2v) is 6.99. The van der Waals surface area contributed by atoms with Crippen LogP contribution in [0.5, 0.6) is 0 Å². The smallest absolute Gasteiger partial charge is 0.315 e. The Labute approximate surface area is 147 Å². The number of aromatic nitrogens is 2. The molecule has 1 saturated heterocycles. The van der Waals surface area contributed by atoms with E-state index in [-0.39, 0.29) is 6.03 Å². The first-order valence-corrected chi connectivity index (χ1v) is 8.97. The van der Waals surface area contributed by atoms with Crippen LogP contribution in [0, 0.1) is 5.92 Å². The number of piperidine rings is 1. The van der Waals surface area contributed by atoms with Crippen LogP contribution in [0.2, 0.25) is 0 Å². The third-order valence-electron chi connectivity index (χ3n) is 5.19. The van der Waals surface area contributed by atoms with E-state index < -0.39 is 11.4 Å².